The summed E-state index contributed by atoms with van der Waals surface area (Å²) in [5.41, 5.74) is 0.715. The van der Waals surface area contributed by atoms with Gasteiger partial charge in [0.15, 0.2) is 5.16 Å². The summed E-state index contributed by atoms with van der Waals surface area (Å²) < 4.78 is 1.55. The average molecular weight is 459 g/mol. The van der Waals surface area contributed by atoms with Crippen LogP contribution < -0.4 is 11.1 Å². The van der Waals surface area contributed by atoms with Crippen LogP contribution >= 0.6 is 45.8 Å². The molecule has 29 heavy (non-hydrogen) atoms. The van der Waals surface area contributed by atoms with E-state index in [0.717, 1.165) is 20.1 Å². The van der Waals surface area contributed by atoms with Crippen molar-refractivity contribution in [3.8, 4) is 10.4 Å². The minimum Gasteiger partial charge on any atom is -0.309 e. The number of hydrogen-bond donors (Lipinski definition) is 1. The fraction of sp³-hybridized carbons (Fsp3) is 0.158. The van der Waals surface area contributed by atoms with E-state index in [1.807, 2.05) is 35.2 Å². The number of thioether (sulfide) groups is 1. The average Bonchev–Trinajstić information content (AvgIpc) is 3.44. The zero-order valence-electron chi connectivity index (χ0n) is 15.3. The summed E-state index contributed by atoms with van der Waals surface area (Å²) in [6, 6.07) is 5.77. The maximum atomic E-state index is 12.8. The normalized spacial score (nSPS) is 12.8. The van der Waals surface area contributed by atoms with E-state index >= 15 is 0 Å². The molecule has 10 heteroatoms. The van der Waals surface area contributed by atoms with Gasteiger partial charge in [0.05, 0.1) is 16.0 Å². The molecule has 5 aromatic heterocycles. The number of thiophene rings is 3. The number of aromatic nitrogens is 4. The molecule has 5 heterocycles. The number of H-pyrrole nitrogens is 1. The highest BCUT2D eigenvalue weighted by Gasteiger charge is 2.19. The quantitative estimate of drug-likeness (QED) is 0.307. The van der Waals surface area contributed by atoms with E-state index < -0.39 is 0 Å². The van der Waals surface area contributed by atoms with E-state index in [4.69, 9.17) is 4.98 Å². The Morgan fingerprint density at radius 2 is 1.97 bits per heavy atom. The largest absolute Gasteiger partial charge is 0.309 e. The number of rotatable bonds is 4. The van der Waals surface area contributed by atoms with Gasteiger partial charge in [-0.25, -0.2) is 9.97 Å². The lowest BCUT2D eigenvalue weighted by molar-refractivity contribution is 0.724. The molecule has 0 aromatic carbocycles. The first-order valence-electron chi connectivity index (χ1n) is 8.69. The molecule has 1 atom stereocenters. The van der Waals surface area contributed by atoms with E-state index in [2.05, 4.69) is 9.97 Å². The van der Waals surface area contributed by atoms with Gasteiger partial charge in [0.1, 0.15) is 15.5 Å². The Kier molecular flexibility index (Phi) is 4.66. The monoisotopic (exact) mass is 458 g/mol. The molecule has 5 rings (SSSR count). The minimum atomic E-state index is -0.171. The van der Waals surface area contributed by atoms with Gasteiger partial charge in [0, 0.05) is 22.9 Å². The van der Waals surface area contributed by atoms with Gasteiger partial charge in [-0.2, -0.15) is 0 Å². The molecule has 1 unspecified atom stereocenters. The smallest absolute Gasteiger partial charge is 0.262 e. The first-order valence-corrected chi connectivity index (χ1v) is 12.2. The summed E-state index contributed by atoms with van der Waals surface area (Å²) >= 11 is 5.93. The Morgan fingerprint density at radius 3 is 2.76 bits per heavy atom. The minimum absolute atomic E-state index is 0.0679. The van der Waals surface area contributed by atoms with E-state index in [0.29, 0.717) is 21.8 Å². The Labute approximate surface area is 180 Å². The molecule has 0 spiro atoms. The van der Waals surface area contributed by atoms with E-state index in [-0.39, 0.29) is 16.4 Å². The van der Waals surface area contributed by atoms with Crippen LogP contribution in [0.15, 0.2) is 49.1 Å². The SMILES string of the molecule is CC(Sc1nc2sccc2c(=O)n1C)c1nc2scc(-c3cccs3)c2c(=O)[nH]1. The number of aromatic amines is 1. The van der Waals surface area contributed by atoms with Gasteiger partial charge in [0.2, 0.25) is 0 Å². The summed E-state index contributed by atoms with van der Waals surface area (Å²) in [5.74, 6) is 0.576. The predicted octanol–water partition coefficient (Wildman–Crippen LogP) is 4.87. The zero-order valence-corrected chi connectivity index (χ0v) is 18.6. The van der Waals surface area contributed by atoms with Crippen molar-refractivity contribution in [3.63, 3.8) is 0 Å². The van der Waals surface area contributed by atoms with Crippen molar-refractivity contribution in [2.24, 2.45) is 7.05 Å². The van der Waals surface area contributed by atoms with Crippen molar-refractivity contribution in [1.82, 2.24) is 19.5 Å². The molecule has 0 saturated carbocycles. The molecule has 0 radical (unpaired) electrons. The van der Waals surface area contributed by atoms with Crippen molar-refractivity contribution in [2.75, 3.05) is 0 Å². The fourth-order valence-corrected chi connectivity index (χ4v) is 6.58. The molecule has 0 aliphatic carbocycles. The number of nitrogens with one attached hydrogen (secondary N) is 1. The highest BCUT2D eigenvalue weighted by atomic mass is 32.2. The molecule has 0 saturated heterocycles. The molecular formula is C19H14N4O2S4. The van der Waals surface area contributed by atoms with Crippen LogP contribution in [-0.4, -0.2) is 19.5 Å². The number of hydrogen-bond acceptors (Lipinski definition) is 8. The van der Waals surface area contributed by atoms with Gasteiger partial charge in [-0.3, -0.25) is 14.2 Å². The third kappa shape index (κ3) is 3.16. The summed E-state index contributed by atoms with van der Waals surface area (Å²) in [5, 5.41) is 7.53. The lowest BCUT2D eigenvalue weighted by Crippen LogP contribution is -2.20. The maximum absolute atomic E-state index is 12.8. The Morgan fingerprint density at radius 1 is 1.10 bits per heavy atom. The first kappa shape index (κ1) is 18.7. The Balaban J connectivity index is 1.54. The zero-order chi connectivity index (χ0) is 20.1. The third-order valence-electron chi connectivity index (χ3n) is 4.58. The third-order valence-corrected chi connectivity index (χ3v) is 8.31. The van der Waals surface area contributed by atoms with Crippen molar-refractivity contribution < 1.29 is 0 Å². The summed E-state index contributed by atoms with van der Waals surface area (Å²) in [7, 11) is 1.72. The molecule has 6 nitrogen and oxygen atoms in total. The van der Waals surface area contributed by atoms with Crippen molar-refractivity contribution in [2.45, 2.75) is 17.3 Å². The van der Waals surface area contributed by atoms with Crippen LogP contribution in [0.5, 0.6) is 0 Å². The van der Waals surface area contributed by atoms with E-state index in [9.17, 15) is 9.59 Å². The van der Waals surface area contributed by atoms with Gasteiger partial charge in [-0.15, -0.1) is 34.0 Å². The highest BCUT2D eigenvalue weighted by Crippen LogP contribution is 2.36. The van der Waals surface area contributed by atoms with Crippen molar-refractivity contribution in [3.05, 3.63) is 60.9 Å². The molecule has 146 valence electrons. The molecule has 5 aromatic rings. The number of fused-ring (bicyclic) bond motifs is 2. The second-order valence-corrected chi connectivity index (χ2v) is 10.4. The molecule has 0 aliphatic heterocycles. The fourth-order valence-electron chi connectivity index (χ4n) is 3.07. The molecule has 0 fully saturated rings. The van der Waals surface area contributed by atoms with Crippen molar-refractivity contribution in [1.29, 1.82) is 0 Å². The van der Waals surface area contributed by atoms with Gasteiger partial charge < -0.3 is 4.98 Å². The molecule has 0 bridgehead atoms. The van der Waals surface area contributed by atoms with Gasteiger partial charge in [-0.1, -0.05) is 17.8 Å². The predicted molar refractivity (Wildman–Crippen MR) is 123 cm³/mol. The topological polar surface area (TPSA) is 80.6 Å². The van der Waals surface area contributed by atoms with Crippen LogP contribution in [0, 0.1) is 0 Å². The highest BCUT2D eigenvalue weighted by molar-refractivity contribution is 7.99. The van der Waals surface area contributed by atoms with Gasteiger partial charge in [0.25, 0.3) is 11.1 Å². The molecule has 0 aliphatic rings. The van der Waals surface area contributed by atoms with E-state index in [1.54, 1.807) is 29.0 Å². The lowest BCUT2D eigenvalue weighted by atomic mass is 10.2. The molecule has 1 N–H and O–H groups in total. The van der Waals surface area contributed by atoms with Crippen LogP contribution in [0.3, 0.4) is 0 Å². The standard InChI is InChI=1S/C19H14N4O2S4/c1-9(29-19-22-16-10(5-7-27-16)18(25)23(19)2)14-20-15(24)13-11(8-28-17(13)21-14)12-4-3-6-26-12/h3-9H,1-2H3,(H,20,21,24). The van der Waals surface area contributed by atoms with Gasteiger partial charge in [-0.05, 0) is 29.8 Å². The van der Waals surface area contributed by atoms with Crippen LogP contribution in [0.2, 0.25) is 0 Å². The Hall–Kier alpha value is -2.27. The second kappa shape index (κ2) is 7.21. The second-order valence-electron chi connectivity index (χ2n) is 6.42. The van der Waals surface area contributed by atoms with Crippen LogP contribution in [0.25, 0.3) is 30.9 Å². The first-order chi connectivity index (χ1) is 14.0. The van der Waals surface area contributed by atoms with E-state index in [1.165, 1.54) is 34.4 Å². The summed E-state index contributed by atoms with van der Waals surface area (Å²) in [6.45, 7) is 1.95. The Bertz CT molecular complexity index is 1460. The van der Waals surface area contributed by atoms with Gasteiger partial charge >= 0.3 is 0 Å². The maximum Gasteiger partial charge on any atom is 0.262 e. The molecule has 0 amide bonds. The lowest BCUT2D eigenvalue weighted by Gasteiger charge is -2.12. The van der Waals surface area contributed by atoms with Crippen molar-refractivity contribution >= 4 is 66.2 Å². The van der Waals surface area contributed by atoms with Crippen LogP contribution in [-0.2, 0) is 7.05 Å². The number of nitrogens with zero attached hydrogens (tertiary/aromatic N) is 3. The molecular weight excluding hydrogens is 445 g/mol. The van der Waals surface area contributed by atoms with Crippen LogP contribution in [0.1, 0.15) is 18.0 Å². The summed E-state index contributed by atoms with van der Waals surface area (Å²) in [4.78, 5) is 40.1. The van der Waals surface area contributed by atoms with Crippen LogP contribution in [0.4, 0.5) is 0 Å². The summed E-state index contributed by atoms with van der Waals surface area (Å²) in [6.07, 6.45) is 0.